The summed E-state index contributed by atoms with van der Waals surface area (Å²) in [5.74, 6) is -0.398. The van der Waals surface area contributed by atoms with Gasteiger partial charge in [0.1, 0.15) is 6.10 Å². The molecule has 0 aliphatic carbocycles. The fourth-order valence-corrected chi connectivity index (χ4v) is 4.42. The lowest BCUT2D eigenvalue weighted by Crippen LogP contribution is -2.52. The fourth-order valence-electron chi connectivity index (χ4n) is 3.63. The molecule has 1 unspecified atom stereocenters. The quantitative estimate of drug-likeness (QED) is 0.781. The van der Waals surface area contributed by atoms with Crippen molar-refractivity contribution >= 4 is 46.3 Å². The van der Waals surface area contributed by atoms with Gasteiger partial charge in [-0.2, -0.15) is 0 Å². The number of benzene rings is 1. The summed E-state index contributed by atoms with van der Waals surface area (Å²) in [5, 5.41) is 4.95. The summed E-state index contributed by atoms with van der Waals surface area (Å²) in [4.78, 5) is 41.8. The third-order valence-electron chi connectivity index (χ3n) is 5.29. The molecule has 7 nitrogen and oxygen atoms in total. The first-order valence-corrected chi connectivity index (χ1v) is 11.1. The summed E-state index contributed by atoms with van der Waals surface area (Å²) in [7, 11) is 0. The Morgan fingerprint density at radius 2 is 1.87 bits per heavy atom. The molecule has 0 bridgehead atoms. The molecule has 2 aromatic rings. The molecule has 1 atom stereocenters. The van der Waals surface area contributed by atoms with Crippen LogP contribution in [-0.2, 0) is 9.53 Å². The maximum atomic E-state index is 13.0. The van der Waals surface area contributed by atoms with Crippen molar-refractivity contribution in [1.82, 2.24) is 9.80 Å². The van der Waals surface area contributed by atoms with Gasteiger partial charge in [-0.05, 0) is 42.5 Å². The molecule has 0 saturated carbocycles. The second-order valence-electron chi connectivity index (χ2n) is 7.25. The van der Waals surface area contributed by atoms with Crippen molar-refractivity contribution in [2.24, 2.45) is 0 Å². The van der Waals surface area contributed by atoms with Gasteiger partial charge in [0, 0.05) is 38.3 Å². The van der Waals surface area contributed by atoms with E-state index in [1.54, 1.807) is 40.1 Å². The van der Waals surface area contributed by atoms with Crippen LogP contribution in [-0.4, -0.2) is 66.4 Å². The highest BCUT2D eigenvalue weighted by atomic mass is 35.5. The Bertz CT molecular complexity index is 936. The summed E-state index contributed by atoms with van der Waals surface area (Å²) in [6.07, 6.45) is 1.34. The lowest BCUT2D eigenvalue weighted by atomic mass is 10.1. The molecule has 30 heavy (non-hydrogen) atoms. The van der Waals surface area contributed by atoms with Crippen molar-refractivity contribution < 1.29 is 19.1 Å². The van der Waals surface area contributed by atoms with Crippen LogP contribution in [0.3, 0.4) is 0 Å². The van der Waals surface area contributed by atoms with Crippen LogP contribution in [0, 0.1) is 0 Å². The van der Waals surface area contributed by atoms with Crippen LogP contribution in [0.1, 0.15) is 32.9 Å². The largest absolute Gasteiger partial charge is 0.368 e. The summed E-state index contributed by atoms with van der Waals surface area (Å²) in [6, 6.07) is 8.37. The van der Waals surface area contributed by atoms with Crippen LogP contribution in [0.15, 0.2) is 35.7 Å². The summed E-state index contributed by atoms with van der Waals surface area (Å²) in [5.41, 5.74) is 0.841. The van der Waals surface area contributed by atoms with Crippen LogP contribution in [0.2, 0.25) is 5.02 Å². The van der Waals surface area contributed by atoms with E-state index >= 15 is 0 Å². The van der Waals surface area contributed by atoms with Crippen molar-refractivity contribution in [3.05, 3.63) is 51.2 Å². The predicted octanol–water partition coefficient (Wildman–Crippen LogP) is 3.12. The SMILES string of the molecule is O=C(Nc1cc(C(=O)N2CCN(C(=O)C3CCCO3)CC2)ccc1Cl)c1cccs1. The Morgan fingerprint density at radius 3 is 2.53 bits per heavy atom. The van der Waals surface area contributed by atoms with Crippen molar-refractivity contribution in [3.63, 3.8) is 0 Å². The highest BCUT2D eigenvalue weighted by Crippen LogP contribution is 2.25. The molecular formula is C21H22ClN3O4S. The standard InChI is InChI=1S/C21H22ClN3O4S/c22-15-6-5-14(13-16(15)23-19(26)18-4-2-12-30-18)20(27)24-7-9-25(10-8-24)21(28)17-3-1-11-29-17/h2,4-6,12-13,17H,1,3,7-11H2,(H,23,26). The Morgan fingerprint density at radius 1 is 1.10 bits per heavy atom. The van der Waals surface area contributed by atoms with Gasteiger partial charge in [-0.1, -0.05) is 17.7 Å². The molecule has 9 heteroatoms. The molecule has 3 amide bonds. The number of nitrogens with one attached hydrogen (secondary N) is 1. The number of hydrogen-bond acceptors (Lipinski definition) is 5. The second-order valence-corrected chi connectivity index (χ2v) is 8.60. The molecule has 0 spiro atoms. The molecule has 2 saturated heterocycles. The van der Waals surface area contributed by atoms with Gasteiger partial charge >= 0.3 is 0 Å². The number of hydrogen-bond donors (Lipinski definition) is 1. The van der Waals surface area contributed by atoms with Crippen LogP contribution in [0.5, 0.6) is 0 Å². The van der Waals surface area contributed by atoms with Crippen LogP contribution >= 0.6 is 22.9 Å². The van der Waals surface area contributed by atoms with Crippen molar-refractivity contribution in [1.29, 1.82) is 0 Å². The van der Waals surface area contributed by atoms with E-state index in [4.69, 9.17) is 16.3 Å². The van der Waals surface area contributed by atoms with E-state index in [1.807, 2.05) is 5.38 Å². The minimum absolute atomic E-state index is 0.0182. The number of nitrogens with zero attached hydrogens (tertiary/aromatic N) is 2. The number of halogens is 1. The molecule has 158 valence electrons. The smallest absolute Gasteiger partial charge is 0.265 e. The van der Waals surface area contributed by atoms with Crippen molar-refractivity contribution in [2.45, 2.75) is 18.9 Å². The first-order chi connectivity index (χ1) is 14.5. The van der Waals surface area contributed by atoms with Crippen LogP contribution in [0.4, 0.5) is 5.69 Å². The van der Waals surface area contributed by atoms with Gasteiger partial charge in [-0.15, -0.1) is 11.3 Å². The van der Waals surface area contributed by atoms with E-state index in [9.17, 15) is 14.4 Å². The number of ether oxygens (including phenoxy) is 1. The third-order valence-corrected chi connectivity index (χ3v) is 6.49. The number of amides is 3. The first kappa shape index (κ1) is 20.8. The van der Waals surface area contributed by atoms with E-state index in [2.05, 4.69) is 5.32 Å². The highest BCUT2D eigenvalue weighted by molar-refractivity contribution is 7.12. The number of anilines is 1. The molecule has 1 aromatic carbocycles. The number of carbonyl (C=O) groups excluding carboxylic acids is 3. The zero-order chi connectivity index (χ0) is 21.1. The van der Waals surface area contributed by atoms with Gasteiger partial charge in [-0.25, -0.2) is 0 Å². The van der Waals surface area contributed by atoms with E-state index in [0.29, 0.717) is 53.9 Å². The number of piperazine rings is 1. The number of thiophene rings is 1. The number of rotatable bonds is 4. The normalized spacial score (nSPS) is 19.0. The van der Waals surface area contributed by atoms with Gasteiger partial charge in [0.05, 0.1) is 15.6 Å². The maximum absolute atomic E-state index is 13.0. The third kappa shape index (κ3) is 4.50. The van der Waals surface area contributed by atoms with Gasteiger partial charge in [0.25, 0.3) is 17.7 Å². The summed E-state index contributed by atoms with van der Waals surface area (Å²) >= 11 is 7.55. The van der Waals surface area contributed by atoms with Crippen molar-refractivity contribution in [2.75, 3.05) is 38.1 Å². The van der Waals surface area contributed by atoms with Crippen LogP contribution in [0.25, 0.3) is 0 Å². The van der Waals surface area contributed by atoms with Gasteiger partial charge < -0.3 is 19.9 Å². The average Bonchev–Trinajstić information content (AvgIpc) is 3.49. The number of carbonyl (C=O) groups is 3. The van der Waals surface area contributed by atoms with E-state index in [-0.39, 0.29) is 23.8 Å². The fraction of sp³-hybridized carbons (Fsp3) is 0.381. The van der Waals surface area contributed by atoms with E-state index < -0.39 is 0 Å². The lowest BCUT2D eigenvalue weighted by molar-refractivity contribution is -0.142. The highest BCUT2D eigenvalue weighted by Gasteiger charge is 2.31. The van der Waals surface area contributed by atoms with E-state index in [0.717, 1.165) is 12.8 Å². The Balaban J connectivity index is 1.39. The topological polar surface area (TPSA) is 79.0 Å². The molecule has 4 rings (SSSR count). The second kappa shape index (κ2) is 9.16. The monoisotopic (exact) mass is 447 g/mol. The molecule has 3 heterocycles. The summed E-state index contributed by atoms with van der Waals surface area (Å²) < 4.78 is 5.48. The minimum atomic E-state index is -0.335. The minimum Gasteiger partial charge on any atom is -0.368 e. The molecule has 2 aliphatic heterocycles. The van der Waals surface area contributed by atoms with Crippen molar-refractivity contribution in [3.8, 4) is 0 Å². The average molecular weight is 448 g/mol. The lowest BCUT2D eigenvalue weighted by Gasteiger charge is -2.35. The molecular weight excluding hydrogens is 426 g/mol. The Hall–Kier alpha value is -2.42. The molecule has 2 aliphatic rings. The Kier molecular flexibility index (Phi) is 6.36. The van der Waals surface area contributed by atoms with E-state index in [1.165, 1.54) is 11.3 Å². The first-order valence-electron chi connectivity index (χ1n) is 9.87. The molecule has 1 N–H and O–H groups in total. The Labute approximate surface area is 183 Å². The molecule has 2 fully saturated rings. The van der Waals surface area contributed by atoms with Crippen LogP contribution < -0.4 is 5.32 Å². The predicted molar refractivity (Wildman–Crippen MR) is 115 cm³/mol. The zero-order valence-corrected chi connectivity index (χ0v) is 17.9. The molecule has 1 aromatic heterocycles. The molecule has 0 radical (unpaired) electrons. The maximum Gasteiger partial charge on any atom is 0.265 e. The zero-order valence-electron chi connectivity index (χ0n) is 16.3. The van der Waals surface area contributed by atoms with Gasteiger partial charge in [0.2, 0.25) is 0 Å². The summed E-state index contributed by atoms with van der Waals surface area (Å²) in [6.45, 7) is 2.52. The van der Waals surface area contributed by atoms with Gasteiger partial charge in [0.15, 0.2) is 0 Å². The van der Waals surface area contributed by atoms with Gasteiger partial charge in [-0.3, -0.25) is 14.4 Å².